The van der Waals surface area contributed by atoms with Gasteiger partial charge >= 0.3 is 0 Å². The Hall–Kier alpha value is -0.600. The molecule has 1 heterocycles. The summed E-state index contributed by atoms with van der Waals surface area (Å²) in [7, 11) is 0. The normalized spacial score (nSPS) is 13.1. The molecule has 0 aliphatic carbocycles. The lowest BCUT2D eigenvalue weighted by atomic mass is 10.1. The zero-order chi connectivity index (χ0) is 8.43. The van der Waals surface area contributed by atoms with Crippen LogP contribution in [0.2, 0.25) is 5.15 Å². The van der Waals surface area contributed by atoms with Gasteiger partial charge in [-0.1, -0.05) is 11.6 Å². The first-order chi connectivity index (χ1) is 5.09. The number of pyridine rings is 1. The Labute approximate surface area is 70.8 Å². The Bertz CT molecular complexity index is 240. The third-order valence-corrected chi connectivity index (χ3v) is 1.62. The highest BCUT2D eigenvalue weighted by molar-refractivity contribution is 6.29. The smallest absolute Gasteiger partial charge is 0.129 e. The molecule has 3 heteroatoms. The minimum absolute atomic E-state index is 0.431. The van der Waals surface area contributed by atoms with E-state index in [-0.39, 0.29) is 0 Å². The second-order valence-corrected chi connectivity index (χ2v) is 2.93. The standard InChI is InChI=1S/C8H10ClNO/c1-5-3-7(6(2)11)4-8(9)10-5/h3-4,6,11H,1-2H3/t6-/m0/s1. The van der Waals surface area contributed by atoms with Crippen LogP contribution < -0.4 is 0 Å². The zero-order valence-corrected chi connectivity index (χ0v) is 7.26. The molecule has 0 aliphatic heterocycles. The molecular formula is C8H10ClNO. The van der Waals surface area contributed by atoms with Crippen LogP contribution in [0.5, 0.6) is 0 Å². The highest BCUT2D eigenvalue weighted by atomic mass is 35.5. The molecule has 0 aliphatic rings. The van der Waals surface area contributed by atoms with E-state index in [1.807, 2.05) is 13.0 Å². The maximum absolute atomic E-state index is 9.19. The monoisotopic (exact) mass is 171 g/mol. The van der Waals surface area contributed by atoms with Crippen LogP contribution in [0.3, 0.4) is 0 Å². The summed E-state index contributed by atoms with van der Waals surface area (Å²) in [6, 6.07) is 3.48. The molecule has 2 nitrogen and oxygen atoms in total. The minimum atomic E-state index is -0.478. The molecule has 1 rings (SSSR count). The molecule has 1 aromatic heterocycles. The van der Waals surface area contributed by atoms with E-state index < -0.39 is 6.10 Å². The molecule has 0 aromatic carbocycles. The largest absolute Gasteiger partial charge is 0.389 e. The van der Waals surface area contributed by atoms with Crippen molar-refractivity contribution in [2.75, 3.05) is 0 Å². The minimum Gasteiger partial charge on any atom is -0.389 e. The topological polar surface area (TPSA) is 33.1 Å². The first-order valence-electron chi connectivity index (χ1n) is 3.42. The van der Waals surface area contributed by atoms with Gasteiger partial charge < -0.3 is 5.11 Å². The molecule has 0 bridgehead atoms. The van der Waals surface area contributed by atoms with Crippen molar-refractivity contribution in [1.82, 2.24) is 4.98 Å². The molecule has 1 aromatic rings. The van der Waals surface area contributed by atoms with Gasteiger partial charge in [-0.05, 0) is 31.5 Å². The molecule has 1 N–H and O–H groups in total. The summed E-state index contributed by atoms with van der Waals surface area (Å²) >= 11 is 5.67. The highest BCUT2D eigenvalue weighted by Crippen LogP contribution is 2.16. The predicted octanol–water partition coefficient (Wildman–Crippen LogP) is 2.10. The molecule has 0 saturated heterocycles. The summed E-state index contributed by atoms with van der Waals surface area (Å²) in [6.45, 7) is 3.54. The third-order valence-electron chi connectivity index (χ3n) is 1.43. The molecule has 60 valence electrons. The van der Waals surface area contributed by atoms with E-state index in [9.17, 15) is 5.11 Å². The van der Waals surface area contributed by atoms with Gasteiger partial charge in [0.2, 0.25) is 0 Å². The summed E-state index contributed by atoms with van der Waals surface area (Å²) in [4.78, 5) is 3.97. The van der Waals surface area contributed by atoms with Crippen LogP contribution in [0.4, 0.5) is 0 Å². The molecule has 0 spiro atoms. The van der Waals surface area contributed by atoms with Crippen LogP contribution in [0, 0.1) is 6.92 Å². The van der Waals surface area contributed by atoms with Crippen molar-refractivity contribution in [1.29, 1.82) is 0 Å². The quantitative estimate of drug-likeness (QED) is 0.657. The van der Waals surface area contributed by atoms with Gasteiger partial charge in [0.1, 0.15) is 5.15 Å². The van der Waals surface area contributed by atoms with Crippen molar-refractivity contribution in [3.05, 3.63) is 28.5 Å². The maximum Gasteiger partial charge on any atom is 0.129 e. The van der Waals surface area contributed by atoms with E-state index in [0.717, 1.165) is 11.3 Å². The van der Waals surface area contributed by atoms with Gasteiger partial charge in [-0.2, -0.15) is 0 Å². The van der Waals surface area contributed by atoms with Crippen molar-refractivity contribution in [2.24, 2.45) is 0 Å². The maximum atomic E-state index is 9.19. The zero-order valence-electron chi connectivity index (χ0n) is 6.50. The summed E-state index contributed by atoms with van der Waals surface area (Å²) in [5.41, 5.74) is 1.64. The van der Waals surface area contributed by atoms with E-state index in [4.69, 9.17) is 11.6 Å². The number of aromatic nitrogens is 1. The number of nitrogens with zero attached hydrogens (tertiary/aromatic N) is 1. The van der Waals surface area contributed by atoms with Crippen LogP contribution >= 0.6 is 11.6 Å². The van der Waals surface area contributed by atoms with E-state index in [1.165, 1.54) is 0 Å². The first-order valence-corrected chi connectivity index (χ1v) is 3.79. The summed E-state index contributed by atoms with van der Waals surface area (Å²) in [6.07, 6.45) is -0.478. The second kappa shape index (κ2) is 3.20. The van der Waals surface area contributed by atoms with Gasteiger partial charge in [-0.15, -0.1) is 0 Å². The van der Waals surface area contributed by atoms with Crippen molar-refractivity contribution in [3.8, 4) is 0 Å². The Morgan fingerprint density at radius 2 is 2.18 bits per heavy atom. The van der Waals surface area contributed by atoms with Gasteiger partial charge in [0.25, 0.3) is 0 Å². The lowest BCUT2D eigenvalue weighted by molar-refractivity contribution is 0.199. The Kier molecular flexibility index (Phi) is 2.47. The lowest BCUT2D eigenvalue weighted by Gasteiger charge is -2.04. The lowest BCUT2D eigenvalue weighted by Crippen LogP contribution is -1.93. The predicted molar refractivity (Wildman–Crippen MR) is 44.6 cm³/mol. The Balaban J connectivity index is 3.08. The molecule has 0 fully saturated rings. The molecular weight excluding hydrogens is 162 g/mol. The summed E-state index contributed by atoms with van der Waals surface area (Å²) in [5, 5.41) is 9.62. The van der Waals surface area contributed by atoms with Crippen LogP contribution in [-0.4, -0.2) is 10.1 Å². The third kappa shape index (κ3) is 2.17. The highest BCUT2D eigenvalue weighted by Gasteiger charge is 2.02. The average molecular weight is 172 g/mol. The van der Waals surface area contributed by atoms with Crippen molar-refractivity contribution in [3.63, 3.8) is 0 Å². The van der Waals surface area contributed by atoms with E-state index in [2.05, 4.69) is 4.98 Å². The first kappa shape index (κ1) is 8.50. The van der Waals surface area contributed by atoms with Crippen LogP contribution in [0.1, 0.15) is 24.3 Å². The van der Waals surface area contributed by atoms with Crippen molar-refractivity contribution < 1.29 is 5.11 Å². The fourth-order valence-electron chi connectivity index (χ4n) is 0.895. The fourth-order valence-corrected chi connectivity index (χ4v) is 1.15. The number of aliphatic hydroxyl groups is 1. The number of hydrogen-bond donors (Lipinski definition) is 1. The van der Waals surface area contributed by atoms with Crippen LogP contribution in [0.25, 0.3) is 0 Å². The van der Waals surface area contributed by atoms with Crippen molar-refractivity contribution in [2.45, 2.75) is 20.0 Å². The summed E-state index contributed by atoms with van der Waals surface area (Å²) in [5.74, 6) is 0. The average Bonchev–Trinajstić information content (AvgIpc) is 1.85. The molecule has 1 atom stereocenters. The molecule has 11 heavy (non-hydrogen) atoms. The van der Waals surface area contributed by atoms with Gasteiger partial charge in [-0.3, -0.25) is 0 Å². The molecule has 0 unspecified atom stereocenters. The molecule has 0 amide bonds. The van der Waals surface area contributed by atoms with Gasteiger partial charge in [-0.25, -0.2) is 4.98 Å². The number of hydrogen-bond acceptors (Lipinski definition) is 2. The Morgan fingerprint density at radius 3 is 2.64 bits per heavy atom. The van der Waals surface area contributed by atoms with Gasteiger partial charge in [0, 0.05) is 5.69 Å². The van der Waals surface area contributed by atoms with Gasteiger partial charge in [0.15, 0.2) is 0 Å². The van der Waals surface area contributed by atoms with Crippen LogP contribution in [0.15, 0.2) is 12.1 Å². The van der Waals surface area contributed by atoms with Crippen LogP contribution in [-0.2, 0) is 0 Å². The van der Waals surface area contributed by atoms with E-state index in [1.54, 1.807) is 13.0 Å². The second-order valence-electron chi connectivity index (χ2n) is 2.54. The summed E-state index contributed by atoms with van der Waals surface area (Å²) < 4.78 is 0. The van der Waals surface area contributed by atoms with E-state index >= 15 is 0 Å². The Morgan fingerprint density at radius 1 is 1.55 bits per heavy atom. The molecule has 0 saturated carbocycles. The molecule has 0 radical (unpaired) electrons. The number of halogens is 1. The van der Waals surface area contributed by atoms with Gasteiger partial charge in [0.05, 0.1) is 6.10 Å². The van der Waals surface area contributed by atoms with Crippen molar-refractivity contribution >= 4 is 11.6 Å². The fraction of sp³-hybridized carbons (Fsp3) is 0.375. The number of rotatable bonds is 1. The number of aryl methyl sites for hydroxylation is 1. The SMILES string of the molecule is Cc1cc([C@H](C)O)cc(Cl)n1. The van der Waals surface area contributed by atoms with E-state index in [0.29, 0.717) is 5.15 Å². The number of aliphatic hydroxyl groups excluding tert-OH is 1.